The molecule has 1 aliphatic rings. The number of piperazine rings is 1. The molecule has 0 aliphatic carbocycles. The van der Waals surface area contributed by atoms with Crippen molar-refractivity contribution in [1.82, 2.24) is 9.21 Å². The van der Waals surface area contributed by atoms with Crippen LogP contribution in [-0.2, 0) is 24.3 Å². The Bertz CT molecular complexity index is 804. The number of benzene rings is 1. The molecular formula is C21H34N2O5S. The van der Waals surface area contributed by atoms with Gasteiger partial charge >= 0.3 is 0 Å². The number of ether oxygens (including phenoxy) is 2. The normalized spacial score (nSPS) is 16.8. The SMILES string of the molecule is CCOCCO[C@H](C)C(=O)N1CCN(S(=O)(=O)c2c(C)c(C)cc(C)c2C)CC1. The zero-order chi connectivity index (χ0) is 21.8. The first kappa shape index (κ1) is 23.8. The first-order valence-electron chi connectivity index (χ1n) is 10.2. The van der Waals surface area contributed by atoms with Crippen molar-refractivity contribution >= 4 is 15.9 Å². The minimum atomic E-state index is -3.61. The third-order valence-corrected chi connectivity index (χ3v) is 7.77. The summed E-state index contributed by atoms with van der Waals surface area (Å²) in [6, 6.07) is 2.02. The van der Waals surface area contributed by atoms with Crippen LogP contribution in [0.3, 0.4) is 0 Å². The number of carbonyl (C=O) groups is 1. The van der Waals surface area contributed by atoms with E-state index in [0.717, 1.165) is 22.3 Å². The van der Waals surface area contributed by atoms with Gasteiger partial charge in [-0.25, -0.2) is 8.42 Å². The van der Waals surface area contributed by atoms with Crippen LogP contribution < -0.4 is 0 Å². The van der Waals surface area contributed by atoms with Crippen LogP contribution >= 0.6 is 0 Å². The first-order valence-corrected chi connectivity index (χ1v) is 11.6. The van der Waals surface area contributed by atoms with Gasteiger partial charge in [-0.3, -0.25) is 4.79 Å². The van der Waals surface area contributed by atoms with Gasteiger partial charge in [0.1, 0.15) is 6.10 Å². The second kappa shape index (κ2) is 10.0. The van der Waals surface area contributed by atoms with Crippen LogP contribution in [0.25, 0.3) is 0 Å². The number of nitrogens with zero attached hydrogens (tertiary/aromatic N) is 2. The molecule has 1 aliphatic heterocycles. The van der Waals surface area contributed by atoms with Crippen molar-refractivity contribution in [1.29, 1.82) is 0 Å². The Morgan fingerprint density at radius 1 is 1.03 bits per heavy atom. The van der Waals surface area contributed by atoms with E-state index in [2.05, 4.69) is 0 Å². The number of sulfonamides is 1. The highest BCUT2D eigenvalue weighted by molar-refractivity contribution is 7.89. The molecule has 1 aromatic rings. The van der Waals surface area contributed by atoms with E-state index in [1.165, 1.54) is 4.31 Å². The molecule has 0 unspecified atom stereocenters. The van der Waals surface area contributed by atoms with Gasteiger partial charge in [-0.15, -0.1) is 0 Å². The van der Waals surface area contributed by atoms with Crippen molar-refractivity contribution < 1.29 is 22.7 Å². The van der Waals surface area contributed by atoms with E-state index in [0.29, 0.717) is 37.8 Å². The number of hydrogen-bond acceptors (Lipinski definition) is 5. The summed E-state index contributed by atoms with van der Waals surface area (Å²) in [4.78, 5) is 14.7. The maximum Gasteiger partial charge on any atom is 0.251 e. The molecule has 1 atom stereocenters. The standard InChI is InChI=1S/C21H34N2O5S/c1-7-27-12-13-28-19(6)21(24)22-8-10-23(11-9-22)29(25,26)20-17(4)15(2)14-16(3)18(20)5/h14,19H,7-13H2,1-6H3/t19-/m1/s1. The number of rotatable bonds is 8. The lowest BCUT2D eigenvalue weighted by atomic mass is 10.0. The van der Waals surface area contributed by atoms with Gasteiger partial charge in [-0.2, -0.15) is 4.31 Å². The molecule has 1 aromatic carbocycles. The number of aryl methyl sites for hydroxylation is 2. The van der Waals surface area contributed by atoms with Crippen molar-refractivity contribution in [2.75, 3.05) is 46.0 Å². The van der Waals surface area contributed by atoms with Crippen LogP contribution in [0.4, 0.5) is 0 Å². The predicted octanol–water partition coefficient (Wildman–Crippen LogP) is 2.19. The van der Waals surface area contributed by atoms with Crippen LogP contribution in [0.5, 0.6) is 0 Å². The Kier molecular flexibility index (Phi) is 8.22. The Morgan fingerprint density at radius 2 is 1.59 bits per heavy atom. The van der Waals surface area contributed by atoms with Gasteiger partial charge in [0.2, 0.25) is 10.0 Å². The van der Waals surface area contributed by atoms with Gasteiger partial charge < -0.3 is 14.4 Å². The lowest BCUT2D eigenvalue weighted by Gasteiger charge is -2.35. The van der Waals surface area contributed by atoms with Gasteiger partial charge in [0.25, 0.3) is 5.91 Å². The Hall–Kier alpha value is -1.48. The summed E-state index contributed by atoms with van der Waals surface area (Å²) in [6.45, 7) is 13.9. The molecule has 7 nitrogen and oxygen atoms in total. The number of amides is 1. The third-order valence-electron chi connectivity index (χ3n) is 5.59. The van der Waals surface area contributed by atoms with Gasteiger partial charge in [0.05, 0.1) is 18.1 Å². The summed E-state index contributed by atoms with van der Waals surface area (Å²) in [6.07, 6.45) is -0.567. The summed E-state index contributed by atoms with van der Waals surface area (Å²) in [5.41, 5.74) is 3.53. The highest BCUT2D eigenvalue weighted by atomic mass is 32.2. The van der Waals surface area contributed by atoms with Gasteiger partial charge in [0, 0.05) is 32.8 Å². The molecule has 0 saturated carbocycles. The molecule has 29 heavy (non-hydrogen) atoms. The molecule has 1 fully saturated rings. The van der Waals surface area contributed by atoms with Crippen LogP contribution in [0.1, 0.15) is 36.1 Å². The zero-order valence-electron chi connectivity index (χ0n) is 18.4. The van der Waals surface area contributed by atoms with Crippen molar-refractivity contribution in [3.63, 3.8) is 0 Å². The summed E-state index contributed by atoms with van der Waals surface area (Å²) >= 11 is 0. The molecule has 164 valence electrons. The summed E-state index contributed by atoms with van der Waals surface area (Å²) in [5.74, 6) is -0.114. The van der Waals surface area contributed by atoms with E-state index in [1.54, 1.807) is 11.8 Å². The van der Waals surface area contributed by atoms with E-state index in [9.17, 15) is 13.2 Å². The maximum atomic E-state index is 13.3. The van der Waals surface area contributed by atoms with Crippen LogP contribution in [0.15, 0.2) is 11.0 Å². The Morgan fingerprint density at radius 3 is 2.10 bits per heavy atom. The van der Waals surface area contributed by atoms with E-state index < -0.39 is 16.1 Å². The average molecular weight is 427 g/mol. The van der Waals surface area contributed by atoms with Crippen molar-refractivity contribution in [2.45, 2.75) is 52.5 Å². The lowest BCUT2D eigenvalue weighted by Crippen LogP contribution is -2.53. The first-order chi connectivity index (χ1) is 13.6. The molecule has 0 radical (unpaired) electrons. The van der Waals surface area contributed by atoms with E-state index >= 15 is 0 Å². The predicted molar refractivity (Wildman–Crippen MR) is 113 cm³/mol. The lowest BCUT2D eigenvalue weighted by molar-refractivity contribution is -0.144. The zero-order valence-corrected chi connectivity index (χ0v) is 19.3. The monoisotopic (exact) mass is 426 g/mol. The minimum Gasteiger partial charge on any atom is -0.379 e. The van der Waals surface area contributed by atoms with Crippen LogP contribution in [0, 0.1) is 27.7 Å². The Balaban J connectivity index is 2.04. The maximum absolute atomic E-state index is 13.3. The van der Waals surface area contributed by atoms with Crippen molar-refractivity contribution in [3.8, 4) is 0 Å². The van der Waals surface area contributed by atoms with Gasteiger partial charge in [-0.1, -0.05) is 6.07 Å². The molecule has 0 N–H and O–H groups in total. The second-order valence-corrected chi connectivity index (χ2v) is 9.40. The van der Waals surface area contributed by atoms with Gasteiger partial charge in [-0.05, 0) is 63.8 Å². The summed E-state index contributed by atoms with van der Waals surface area (Å²) in [7, 11) is -3.61. The quantitative estimate of drug-likeness (QED) is 0.596. The molecule has 1 saturated heterocycles. The minimum absolute atomic E-state index is 0.114. The summed E-state index contributed by atoms with van der Waals surface area (Å²) in [5, 5.41) is 0. The fourth-order valence-electron chi connectivity index (χ4n) is 3.60. The van der Waals surface area contributed by atoms with Crippen molar-refractivity contribution in [2.24, 2.45) is 0 Å². The molecule has 0 spiro atoms. The molecule has 1 heterocycles. The molecule has 8 heteroatoms. The molecule has 0 bridgehead atoms. The van der Waals surface area contributed by atoms with E-state index in [-0.39, 0.29) is 19.0 Å². The number of hydrogen-bond donors (Lipinski definition) is 0. The number of carbonyl (C=O) groups excluding carboxylic acids is 1. The summed E-state index contributed by atoms with van der Waals surface area (Å²) < 4.78 is 38.9. The molecular weight excluding hydrogens is 392 g/mol. The smallest absolute Gasteiger partial charge is 0.251 e. The van der Waals surface area contributed by atoms with Crippen LogP contribution in [0.2, 0.25) is 0 Å². The highest BCUT2D eigenvalue weighted by Gasteiger charge is 2.33. The highest BCUT2D eigenvalue weighted by Crippen LogP contribution is 2.29. The fraction of sp³-hybridized carbons (Fsp3) is 0.667. The Labute approximate surface area is 175 Å². The van der Waals surface area contributed by atoms with Gasteiger partial charge in [0.15, 0.2) is 0 Å². The molecule has 0 aromatic heterocycles. The van der Waals surface area contributed by atoms with E-state index in [1.807, 2.05) is 40.7 Å². The average Bonchev–Trinajstić information content (AvgIpc) is 2.69. The third kappa shape index (κ3) is 5.36. The molecule has 1 amide bonds. The van der Waals surface area contributed by atoms with Crippen LogP contribution in [-0.4, -0.2) is 75.6 Å². The fourth-order valence-corrected chi connectivity index (χ4v) is 5.60. The molecule has 2 rings (SSSR count). The van der Waals surface area contributed by atoms with E-state index in [4.69, 9.17) is 9.47 Å². The largest absolute Gasteiger partial charge is 0.379 e. The van der Waals surface area contributed by atoms with Crippen molar-refractivity contribution in [3.05, 3.63) is 28.3 Å². The second-order valence-electron chi connectivity index (χ2n) is 7.53. The topological polar surface area (TPSA) is 76.2 Å².